The second-order valence-corrected chi connectivity index (χ2v) is 6.26. The quantitative estimate of drug-likeness (QED) is 0.327. The lowest BCUT2D eigenvalue weighted by molar-refractivity contribution is -0.137. The van der Waals surface area contributed by atoms with E-state index in [1.165, 1.54) is 51.4 Å². The van der Waals surface area contributed by atoms with Crippen LogP contribution in [0.5, 0.6) is 0 Å². The number of aliphatic hydroxyl groups excluding tert-OH is 1. The highest BCUT2D eigenvalue weighted by atomic mass is 24.3. The Hall–Kier alpha value is 0.196. The Kier molecular flexibility index (Phi) is 21.4. The SMILES string of the molecule is CCCCCCC(O)CCCCCCCCCCC(=O)O.[MgH2]. The zero-order chi connectivity index (χ0) is 15.8. The predicted molar refractivity (Wildman–Crippen MR) is 97.1 cm³/mol. The molecule has 0 spiro atoms. The summed E-state index contributed by atoms with van der Waals surface area (Å²) in [5.41, 5.74) is 0. The number of hydrogen-bond acceptors (Lipinski definition) is 2. The van der Waals surface area contributed by atoms with Crippen LogP contribution in [0.4, 0.5) is 0 Å². The molecule has 4 heteroatoms. The van der Waals surface area contributed by atoms with E-state index in [1.807, 2.05) is 0 Å². The van der Waals surface area contributed by atoms with Gasteiger partial charge in [0.05, 0.1) is 6.10 Å². The monoisotopic (exact) mass is 326 g/mol. The van der Waals surface area contributed by atoms with Gasteiger partial charge in [0.25, 0.3) is 0 Å². The minimum atomic E-state index is -0.678. The van der Waals surface area contributed by atoms with Gasteiger partial charge in [0.1, 0.15) is 0 Å². The Bertz CT molecular complexity index is 234. The topological polar surface area (TPSA) is 57.5 Å². The number of carbonyl (C=O) groups is 1. The van der Waals surface area contributed by atoms with E-state index < -0.39 is 5.97 Å². The molecular formula is C18H38MgO3. The standard InChI is InChI=1S/C18H36O3.Mg.2H/c1-2-3-4-11-14-17(19)15-12-9-7-5-6-8-10-13-16-18(20)21;;;/h17,19H,2-16H2,1H3,(H,20,21);;;. The number of aliphatic hydroxyl groups is 1. The predicted octanol–water partition coefficient (Wildman–Crippen LogP) is 4.39. The molecule has 0 fully saturated rings. The van der Waals surface area contributed by atoms with Gasteiger partial charge in [-0.1, -0.05) is 77.6 Å². The molecular weight excluding hydrogens is 288 g/mol. The van der Waals surface area contributed by atoms with E-state index in [1.54, 1.807) is 0 Å². The van der Waals surface area contributed by atoms with Crippen LogP contribution in [0.1, 0.15) is 103 Å². The van der Waals surface area contributed by atoms with Crippen LogP contribution in [0.3, 0.4) is 0 Å². The van der Waals surface area contributed by atoms with E-state index in [2.05, 4.69) is 6.92 Å². The van der Waals surface area contributed by atoms with Gasteiger partial charge in [-0.25, -0.2) is 0 Å². The van der Waals surface area contributed by atoms with Crippen LogP contribution in [0, 0.1) is 0 Å². The molecule has 0 bridgehead atoms. The lowest BCUT2D eigenvalue weighted by Crippen LogP contribution is -2.05. The average molecular weight is 327 g/mol. The van der Waals surface area contributed by atoms with Crippen molar-refractivity contribution < 1.29 is 15.0 Å². The summed E-state index contributed by atoms with van der Waals surface area (Å²) in [7, 11) is 0. The smallest absolute Gasteiger partial charge is 0.316 e. The molecule has 22 heavy (non-hydrogen) atoms. The summed E-state index contributed by atoms with van der Waals surface area (Å²) >= 11 is 0. The van der Waals surface area contributed by atoms with Crippen molar-refractivity contribution in [3.63, 3.8) is 0 Å². The number of carboxylic acid groups (broad SMARTS) is 1. The fourth-order valence-corrected chi connectivity index (χ4v) is 2.67. The molecule has 0 aliphatic carbocycles. The van der Waals surface area contributed by atoms with E-state index >= 15 is 0 Å². The lowest BCUT2D eigenvalue weighted by atomic mass is 10.0. The van der Waals surface area contributed by atoms with Crippen LogP contribution < -0.4 is 0 Å². The molecule has 1 unspecified atom stereocenters. The van der Waals surface area contributed by atoms with Gasteiger partial charge in [-0.05, 0) is 19.3 Å². The van der Waals surface area contributed by atoms with Crippen molar-refractivity contribution in [3.05, 3.63) is 0 Å². The van der Waals surface area contributed by atoms with Crippen LogP contribution >= 0.6 is 0 Å². The summed E-state index contributed by atoms with van der Waals surface area (Å²) in [6.45, 7) is 2.21. The Morgan fingerprint density at radius 2 is 1.18 bits per heavy atom. The van der Waals surface area contributed by atoms with Gasteiger partial charge in [-0.2, -0.15) is 0 Å². The first kappa shape index (κ1) is 24.4. The minimum Gasteiger partial charge on any atom is -0.481 e. The summed E-state index contributed by atoms with van der Waals surface area (Å²) in [5, 5.41) is 18.4. The zero-order valence-electron chi connectivity index (χ0n) is 14.0. The largest absolute Gasteiger partial charge is 0.481 e. The molecule has 2 N–H and O–H groups in total. The first-order valence-electron chi connectivity index (χ1n) is 9.06. The summed E-state index contributed by atoms with van der Waals surface area (Å²) < 4.78 is 0. The Morgan fingerprint density at radius 1 is 0.773 bits per heavy atom. The van der Waals surface area contributed by atoms with E-state index in [0.29, 0.717) is 6.42 Å². The third kappa shape index (κ3) is 20.2. The number of aliphatic carboxylic acids is 1. The molecule has 1 atom stereocenters. The Morgan fingerprint density at radius 3 is 1.64 bits per heavy atom. The highest BCUT2D eigenvalue weighted by Gasteiger charge is 2.03. The Balaban J connectivity index is 0. The highest BCUT2D eigenvalue weighted by molar-refractivity contribution is 5.75. The van der Waals surface area contributed by atoms with Crippen molar-refractivity contribution in [1.29, 1.82) is 0 Å². The van der Waals surface area contributed by atoms with E-state index in [-0.39, 0.29) is 29.2 Å². The minimum absolute atomic E-state index is 0. The number of rotatable bonds is 16. The number of carboxylic acids is 1. The molecule has 0 aromatic rings. The second-order valence-electron chi connectivity index (χ2n) is 6.26. The molecule has 0 heterocycles. The van der Waals surface area contributed by atoms with Gasteiger partial charge in [-0.3, -0.25) is 4.79 Å². The fraction of sp³-hybridized carbons (Fsp3) is 0.944. The second kappa shape index (κ2) is 19.2. The van der Waals surface area contributed by atoms with Crippen LogP contribution in [0.2, 0.25) is 0 Å². The zero-order valence-corrected chi connectivity index (χ0v) is 14.0. The number of unbranched alkanes of at least 4 members (excludes halogenated alkanes) is 10. The molecule has 0 saturated carbocycles. The summed E-state index contributed by atoms with van der Waals surface area (Å²) in [6, 6.07) is 0. The van der Waals surface area contributed by atoms with E-state index in [4.69, 9.17) is 5.11 Å². The maximum absolute atomic E-state index is 10.3. The molecule has 0 rings (SSSR count). The highest BCUT2D eigenvalue weighted by Crippen LogP contribution is 2.14. The van der Waals surface area contributed by atoms with Gasteiger partial charge in [0.15, 0.2) is 0 Å². The van der Waals surface area contributed by atoms with Crippen LogP contribution in [-0.4, -0.2) is 45.3 Å². The fourth-order valence-electron chi connectivity index (χ4n) is 2.67. The van der Waals surface area contributed by atoms with Crippen molar-refractivity contribution >= 4 is 29.0 Å². The summed E-state index contributed by atoms with van der Waals surface area (Å²) in [5.74, 6) is -0.678. The van der Waals surface area contributed by atoms with Gasteiger partial charge in [0, 0.05) is 6.42 Å². The molecule has 0 radical (unpaired) electrons. The van der Waals surface area contributed by atoms with E-state index in [0.717, 1.165) is 38.5 Å². The molecule has 0 saturated heterocycles. The first-order chi connectivity index (χ1) is 10.2. The molecule has 0 aliphatic heterocycles. The summed E-state index contributed by atoms with van der Waals surface area (Å²) in [6.07, 6.45) is 16.3. The van der Waals surface area contributed by atoms with Crippen molar-refractivity contribution in [2.75, 3.05) is 0 Å². The van der Waals surface area contributed by atoms with Crippen molar-refractivity contribution in [2.24, 2.45) is 0 Å². The average Bonchev–Trinajstić information content (AvgIpc) is 2.45. The number of hydrogen-bond donors (Lipinski definition) is 2. The molecule has 3 nitrogen and oxygen atoms in total. The third-order valence-corrected chi connectivity index (χ3v) is 4.07. The van der Waals surface area contributed by atoms with Crippen molar-refractivity contribution in [1.82, 2.24) is 0 Å². The molecule has 0 aromatic heterocycles. The van der Waals surface area contributed by atoms with Gasteiger partial charge >= 0.3 is 29.0 Å². The molecule has 0 amide bonds. The van der Waals surface area contributed by atoms with Gasteiger partial charge in [-0.15, -0.1) is 0 Å². The first-order valence-corrected chi connectivity index (χ1v) is 9.06. The summed E-state index contributed by atoms with van der Waals surface area (Å²) in [4.78, 5) is 10.3. The van der Waals surface area contributed by atoms with Gasteiger partial charge in [0.2, 0.25) is 0 Å². The van der Waals surface area contributed by atoms with Crippen LogP contribution in [0.15, 0.2) is 0 Å². The van der Waals surface area contributed by atoms with Crippen LogP contribution in [0.25, 0.3) is 0 Å². The van der Waals surface area contributed by atoms with Gasteiger partial charge < -0.3 is 10.2 Å². The third-order valence-electron chi connectivity index (χ3n) is 4.07. The van der Waals surface area contributed by atoms with E-state index in [9.17, 15) is 9.90 Å². The van der Waals surface area contributed by atoms with Crippen molar-refractivity contribution in [3.8, 4) is 0 Å². The maximum Gasteiger partial charge on any atom is 0.316 e. The molecule has 0 aromatic carbocycles. The van der Waals surface area contributed by atoms with Crippen molar-refractivity contribution in [2.45, 2.75) is 109 Å². The normalized spacial score (nSPS) is 11.9. The van der Waals surface area contributed by atoms with Crippen LogP contribution in [-0.2, 0) is 4.79 Å². The molecule has 0 aliphatic rings. The lowest BCUT2D eigenvalue weighted by Gasteiger charge is -2.10. The molecule has 130 valence electrons. The maximum atomic E-state index is 10.3. The Labute approximate surface area is 153 Å².